The number of ether oxygens (including phenoxy) is 1. The Kier molecular flexibility index (Phi) is 5.95. The minimum atomic E-state index is -0.192. The van der Waals surface area contributed by atoms with Gasteiger partial charge < -0.3 is 19.5 Å². The predicted octanol–water partition coefficient (Wildman–Crippen LogP) is 5.23. The number of rotatable bonds is 5. The molecular formula is C24H23ClN4O2S. The van der Waals surface area contributed by atoms with Crippen molar-refractivity contribution >= 4 is 34.5 Å². The fraction of sp³-hybridized carbons (Fsp3) is 0.292. The number of thiocarbonyl (C=S) groups is 1. The van der Waals surface area contributed by atoms with Crippen LogP contribution in [0.1, 0.15) is 37.3 Å². The molecule has 0 spiro atoms. The molecule has 6 nitrogen and oxygen atoms in total. The van der Waals surface area contributed by atoms with E-state index in [1.807, 2.05) is 42.5 Å². The first-order valence-corrected chi connectivity index (χ1v) is 11.4. The molecule has 1 aromatic heterocycles. The second-order valence-corrected chi connectivity index (χ2v) is 8.79. The van der Waals surface area contributed by atoms with Gasteiger partial charge in [0.05, 0.1) is 24.3 Å². The molecule has 0 radical (unpaired) electrons. The number of hydrogen-bond donors (Lipinski definition) is 1. The zero-order valence-electron chi connectivity index (χ0n) is 17.6. The van der Waals surface area contributed by atoms with Gasteiger partial charge in [-0.3, -0.25) is 0 Å². The molecule has 8 heteroatoms. The standard InChI is InChI=1S/C24H23ClN4O2S/c1-15-20(23-27-22(28-31-23)17-9-11-18(25)12-10-17)21(16-6-3-2-4-7-16)26-24(32)29(15)14-19-8-5-13-30-19/h2-4,6-7,9-12,19,21H,5,8,13-14H2,1H3,(H,26,32). The van der Waals surface area contributed by atoms with E-state index >= 15 is 0 Å². The Morgan fingerprint density at radius 2 is 1.94 bits per heavy atom. The van der Waals surface area contributed by atoms with Gasteiger partial charge in [0, 0.05) is 22.9 Å². The van der Waals surface area contributed by atoms with Gasteiger partial charge in [-0.2, -0.15) is 4.98 Å². The Morgan fingerprint density at radius 1 is 1.16 bits per heavy atom. The van der Waals surface area contributed by atoms with Crippen LogP contribution in [0.3, 0.4) is 0 Å². The van der Waals surface area contributed by atoms with Crippen LogP contribution >= 0.6 is 23.8 Å². The van der Waals surface area contributed by atoms with Gasteiger partial charge in [-0.25, -0.2) is 0 Å². The maximum Gasteiger partial charge on any atom is 0.258 e. The van der Waals surface area contributed by atoms with Crippen molar-refractivity contribution < 1.29 is 9.26 Å². The summed E-state index contributed by atoms with van der Waals surface area (Å²) < 4.78 is 11.6. The molecule has 2 unspecified atom stereocenters. The fourth-order valence-electron chi connectivity index (χ4n) is 4.21. The molecule has 2 aliphatic heterocycles. The third kappa shape index (κ3) is 4.16. The van der Waals surface area contributed by atoms with E-state index in [1.165, 1.54) is 0 Å². The van der Waals surface area contributed by atoms with E-state index in [0.717, 1.165) is 41.8 Å². The second-order valence-electron chi connectivity index (χ2n) is 7.97. The monoisotopic (exact) mass is 466 g/mol. The van der Waals surface area contributed by atoms with Crippen LogP contribution in [0, 0.1) is 0 Å². The van der Waals surface area contributed by atoms with Gasteiger partial charge in [0.15, 0.2) is 5.11 Å². The Balaban J connectivity index is 1.56. The molecule has 2 aromatic carbocycles. The van der Waals surface area contributed by atoms with Crippen LogP contribution in [0.4, 0.5) is 0 Å². The topological polar surface area (TPSA) is 63.4 Å². The van der Waals surface area contributed by atoms with E-state index in [4.69, 9.17) is 38.1 Å². The highest BCUT2D eigenvalue weighted by molar-refractivity contribution is 7.80. The minimum Gasteiger partial charge on any atom is -0.376 e. The van der Waals surface area contributed by atoms with Crippen molar-refractivity contribution in [3.63, 3.8) is 0 Å². The van der Waals surface area contributed by atoms with Crippen molar-refractivity contribution in [2.75, 3.05) is 13.2 Å². The Labute approximate surface area is 197 Å². The highest BCUT2D eigenvalue weighted by Crippen LogP contribution is 2.37. The van der Waals surface area contributed by atoms with Crippen molar-refractivity contribution in [2.24, 2.45) is 0 Å². The molecule has 3 aromatic rings. The van der Waals surface area contributed by atoms with Crippen molar-refractivity contribution in [1.82, 2.24) is 20.4 Å². The summed E-state index contributed by atoms with van der Waals surface area (Å²) in [4.78, 5) is 6.82. The fourth-order valence-corrected chi connectivity index (χ4v) is 4.67. The summed E-state index contributed by atoms with van der Waals surface area (Å²) in [6.07, 6.45) is 2.27. The highest BCUT2D eigenvalue weighted by Gasteiger charge is 2.35. The van der Waals surface area contributed by atoms with Crippen LogP contribution in [0.2, 0.25) is 5.02 Å². The molecule has 1 N–H and O–H groups in total. The number of allylic oxidation sites excluding steroid dienone is 1. The SMILES string of the molecule is CC1=C(c2nc(-c3ccc(Cl)cc3)no2)C(c2ccccc2)NC(=S)N1CC1CCCO1. The molecule has 32 heavy (non-hydrogen) atoms. The largest absolute Gasteiger partial charge is 0.376 e. The molecule has 164 valence electrons. The molecule has 2 aliphatic rings. The first-order valence-electron chi connectivity index (χ1n) is 10.7. The molecule has 0 saturated carbocycles. The van der Waals surface area contributed by atoms with Gasteiger partial charge in [0.25, 0.3) is 5.89 Å². The van der Waals surface area contributed by atoms with E-state index in [9.17, 15) is 0 Å². The smallest absolute Gasteiger partial charge is 0.258 e. The lowest BCUT2D eigenvalue weighted by Crippen LogP contribution is -2.48. The van der Waals surface area contributed by atoms with Crippen LogP contribution in [0.25, 0.3) is 17.0 Å². The van der Waals surface area contributed by atoms with Gasteiger partial charge >= 0.3 is 0 Å². The first kappa shape index (κ1) is 21.1. The number of benzene rings is 2. The van der Waals surface area contributed by atoms with Gasteiger partial charge in [-0.15, -0.1) is 0 Å². The summed E-state index contributed by atoms with van der Waals surface area (Å²) >= 11 is 11.8. The normalized spacial score (nSPS) is 21.2. The summed E-state index contributed by atoms with van der Waals surface area (Å²) in [6.45, 7) is 3.55. The molecule has 1 fully saturated rings. The maximum absolute atomic E-state index is 6.02. The Morgan fingerprint density at radius 3 is 2.66 bits per heavy atom. The summed E-state index contributed by atoms with van der Waals surface area (Å²) in [7, 11) is 0. The third-order valence-electron chi connectivity index (χ3n) is 5.90. The maximum atomic E-state index is 6.02. The number of nitrogens with zero attached hydrogens (tertiary/aromatic N) is 3. The highest BCUT2D eigenvalue weighted by atomic mass is 35.5. The Hall–Kier alpha value is -2.74. The van der Waals surface area contributed by atoms with E-state index in [0.29, 0.717) is 28.4 Å². The van der Waals surface area contributed by atoms with E-state index in [1.54, 1.807) is 0 Å². The van der Waals surface area contributed by atoms with Crippen LogP contribution in [0.15, 0.2) is 64.8 Å². The van der Waals surface area contributed by atoms with E-state index < -0.39 is 0 Å². The van der Waals surface area contributed by atoms with Crippen molar-refractivity contribution in [3.8, 4) is 11.4 Å². The second kappa shape index (κ2) is 9.02. The van der Waals surface area contributed by atoms with Gasteiger partial charge in [0.2, 0.25) is 5.82 Å². The zero-order valence-corrected chi connectivity index (χ0v) is 19.2. The number of hydrogen-bond acceptors (Lipinski definition) is 5. The molecule has 2 atom stereocenters. The van der Waals surface area contributed by atoms with Crippen molar-refractivity contribution in [3.05, 3.63) is 76.8 Å². The first-order chi connectivity index (χ1) is 15.6. The van der Waals surface area contributed by atoms with Crippen LogP contribution < -0.4 is 5.32 Å². The lowest BCUT2D eigenvalue weighted by atomic mass is 9.94. The summed E-state index contributed by atoms with van der Waals surface area (Å²) in [5.74, 6) is 0.983. The number of aromatic nitrogens is 2. The molecule has 1 saturated heterocycles. The zero-order chi connectivity index (χ0) is 22.1. The summed E-state index contributed by atoms with van der Waals surface area (Å²) in [5.41, 5.74) is 3.82. The third-order valence-corrected chi connectivity index (χ3v) is 6.49. The van der Waals surface area contributed by atoms with Crippen LogP contribution in [-0.4, -0.2) is 39.4 Å². The van der Waals surface area contributed by atoms with E-state index in [-0.39, 0.29) is 12.1 Å². The molecule has 3 heterocycles. The van der Waals surface area contributed by atoms with Crippen molar-refractivity contribution in [2.45, 2.75) is 31.9 Å². The molecule has 0 bridgehead atoms. The Bertz CT molecular complexity index is 1140. The molecule has 5 rings (SSSR count). The summed E-state index contributed by atoms with van der Waals surface area (Å²) in [5, 5.41) is 9.06. The number of nitrogens with one attached hydrogen (secondary N) is 1. The van der Waals surface area contributed by atoms with Gasteiger partial charge in [0.1, 0.15) is 0 Å². The van der Waals surface area contributed by atoms with E-state index in [2.05, 4.69) is 34.4 Å². The van der Waals surface area contributed by atoms with Crippen molar-refractivity contribution in [1.29, 1.82) is 0 Å². The lowest BCUT2D eigenvalue weighted by molar-refractivity contribution is 0.0962. The number of halogens is 1. The average molecular weight is 467 g/mol. The van der Waals surface area contributed by atoms with Crippen LogP contribution in [0.5, 0.6) is 0 Å². The average Bonchev–Trinajstić information content (AvgIpc) is 3.50. The van der Waals surface area contributed by atoms with Gasteiger partial charge in [-0.05, 0) is 61.8 Å². The van der Waals surface area contributed by atoms with Gasteiger partial charge in [-0.1, -0.05) is 47.1 Å². The quantitative estimate of drug-likeness (QED) is 0.516. The molecule has 0 amide bonds. The molecule has 0 aliphatic carbocycles. The van der Waals surface area contributed by atoms with Crippen LogP contribution in [-0.2, 0) is 4.74 Å². The minimum absolute atomic E-state index is 0.159. The lowest BCUT2D eigenvalue weighted by Gasteiger charge is -2.38. The summed E-state index contributed by atoms with van der Waals surface area (Å²) in [6, 6.07) is 17.4. The molecular weight excluding hydrogens is 444 g/mol. The predicted molar refractivity (Wildman–Crippen MR) is 128 cm³/mol.